The minimum Gasteiger partial charge on any atom is -0.484 e. The zero-order valence-electron chi connectivity index (χ0n) is 12.8. The van der Waals surface area contributed by atoms with Gasteiger partial charge in [-0.05, 0) is 76.9 Å². The highest BCUT2D eigenvalue weighted by atomic mass is 127. The third-order valence-electron chi connectivity index (χ3n) is 3.56. The van der Waals surface area contributed by atoms with E-state index in [2.05, 4.69) is 53.9 Å². The van der Waals surface area contributed by atoms with Crippen molar-refractivity contribution in [1.29, 1.82) is 0 Å². The van der Waals surface area contributed by atoms with Crippen LogP contribution in [0, 0.1) is 3.57 Å². The Balaban J connectivity index is 1.85. The number of carbonyl (C=O) groups is 1. The molecule has 0 saturated heterocycles. The van der Waals surface area contributed by atoms with E-state index in [1.54, 1.807) is 0 Å². The van der Waals surface area contributed by atoms with Gasteiger partial charge in [0.05, 0.1) is 0 Å². The molecule has 2 aromatic carbocycles. The van der Waals surface area contributed by atoms with E-state index in [-0.39, 0.29) is 12.5 Å². The molecule has 22 heavy (non-hydrogen) atoms. The summed E-state index contributed by atoms with van der Waals surface area (Å²) in [5.41, 5.74) is 2.08. The fourth-order valence-corrected chi connectivity index (χ4v) is 2.37. The first-order valence-corrected chi connectivity index (χ1v) is 8.44. The van der Waals surface area contributed by atoms with Crippen molar-refractivity contribution in [3.63, 3.8) is 0 Å². The van der Waals surface area contributed by atoms with E-state index in [0.717, 1.165) is 15.7 Å². The van der Waals surface area contributed by atoms with Gasteiger partial charge in [0.15, 0.2) is 6.61 Å². The molecule has 1 atom stereocenters. The molecule has 1 N–H and O–H groups in total. The summed E-state index contributed by atoms with van der Waals surface area (Å²) in [7, 11) is 0. The Morgan fingerprint density at radius 3 is 2.36 bits per heavy atom. The number of carbonyl (C=O) groups excluding carboxylic acids is 1. The number of benzene rings is 2. The lowest BCUT2D eigenvalue weighted by Crippen LogP contribution is -2.20. The van der Waals surface area contributed by atoms with Crippen LogP contribution in [-0.2, 0) is 4.79 Å². The second-order valence-electron chi connectivity index (χ2n) is 5.22. The van der Waals surface area contributed by atoms with E-state index in [9.17, 15) is 4.79 Å². The summed E-state index contributed by atoms with van der Waals surface area (Å²) in [5, 5.41) is 2.84. The van der Waals surface area contributed by atoms with Crippen LogP contribution in [0.1, 0.15) is 31.7 Å². The Bertz CT molecular complexity index is 608. The van der Waals surface area contributed by atoms with Crippen molar-refractivity contribution >= 4 is 34.2 Å². The maximum absolute atomic E-state index is 11.9. The number of nitrogens with one attached hydrogen (secondary N) is 1. The molecule has 0 spiro atoms. The topological polar surface area (TPSA) is 38.3 Å². The summed E-state index contributed by atoms with van der Waals surface area (Å²) < 4.78 is 6.59. The average molecular weight is 409 g/mol. The molecule has 4 heteroatoms. The second-order valence-corrected chi connectivity index (χ2v) is 6.47. The van der Waals surface area contributed by atoms with Crippen LogP contribution in [0.15, 0.2) is 48.5 Å². The normalized spacial score (nSPS) is 11.8. The molecule has 0 heterocycles. The van der Waals surface area contributed by atoms with Crippen LogP contribution in [-0.4, -0.2) is 12.5 Å². The minimum absolute atomic E-state index is 0.00765. The molecule has 116 valence electrons. The van der Waals surface area contributed by atoms with Gasteiger partial charge in [-0.25, -0.2) is 0 Å². The second kappa shape index (κ2) is 8.17. The zero-order valence-corrected chi connectivity index (χ0v) is 15.0. The predicted octanol–water partition coefficient (Wildman–Crippen LogP) is 4.82. The molecule has 2 rings (SSSR count). The maximum Gasteiger partial charge on any atom is 0.262 e. The highest BCUT2D eigenvalue weighted by molar-refractivity contribution is 14.1. The van der Waals surface area contributed by atoms with Crippen molar-refractivity contribution in [2.45, 2.75) is 26.2 Å². The van der Waals surface area contributed by atoms with E-state index in [0.29, 0.717) is 11.7 Å². The van der Waals surface area contributed by atoms with Crippen LogP contribution >= 0.6 is 22.6 Å². The van der Waals surface area contributed by atoms with Crippen LogP contribution in [0.2, 0.25) is 0 Å². The minimum atomic E-state index is -0.158. The number of amides is 1. The van der Waals surface area contributed by atoms with Crippen molar-refractivity contribution in [2.24, 2.45) is 0 Å². The van der Waals surface area contributed by atoms with Gasteiger partial charge in [-0.1, -0.05) is 26.0 Å². The number of rotatable bonds is 6. The monoisotopic (exact) mass is 409 g/mol. The van der Waals surface area contributed by atoms with Gasteiger partial charge < -0.3 is 10.1 Å². The molecule has 0 bridgehead atoms. The highest BCUT2D eigenvalue weighted by Crippen LogP contribution is 2.20. The van der Waals surface area contributed by atoms with Gasteiger partial charge in [-0.15, -0.1) is 0 Å². The Kier molecular flexibility index (Phi) is 6.24. The van der Waals surface area contributed by atoms with Gasteiger partial charge >= 0.3 is 0 Å². The molecular weight excluding hydrogens is 389 g/mol. The third-order valence-corrected chi connectivity index (χ3v) is 4.28. The van der Waals surface area contributed by atoms with Crippen LogP contribution in [0.4, 0.5) is 5.69 Å². The van der Waals surface area contributed by atoms with E-state index < -0.39 is 0 Å². The standard InChI is InChI=1S/C18H20INO2/c1-3-13(2)14-4-8-16(9-5-14)20-18(21)12-22-17-10-6-15(19)7-11-17/h4-11,13H,3,12H2,1-2H3,(H,20,21)/t13-/m0/s1. The van der Waals surface area contributed by atoms with Crippen molar-refractivity contribution in [3.8, 4) is 5.75 Å². The third kappa shape index (κ3) is 5.02. The molecule has 0 saturated carbocycles. The molecule has 0 radical (unpaired) electrons. The quantitative estimate of drug-likeness (QED) is 0.695. The summed E-state index contributed by atoms with van der Waals surface area (Å²) in [6.45, 7) is 4.37. The number of hydrogen-bond acceptors (Lipinski definition) is 2. The van der Waals surface area contributed by atoms with Gasteiger partial charge in [-0.3, -0.25) is 4.79 Å². The van der Waals surface area contributed by atoms with Crippen LogP contribution in [0.5, 0.6) is 5.75 Å². The van der Waals surface area contributed by atoms with Crippen LogP contribution in [0.3, 0.4) is 0 Å². The van der Waals surface area contributed by atoms with Gasteiger partial charge in [-0.2, -0.15) is 0 Å². The van der Waals surface area contributed by atoms with Gasteiger partial charge in [0, 0.05) is 9.26 Å². The van der Waals surface area contributed by atoms with Crippen LogP contribution in [0.25, 0.3) is 0 Å². The SMILES string of the molecule is CC[C@H](C)c1ccc(NC(=O)COc2ccc(I)cc2)cc1. The molecular formula is C18H20INO2. The van der Waals surface area contributed by atoms with Gasteiger partial charge in [0.1, 0.15) is 5.75 Å². The molecule has 0 aliphatic carbocycles. The fraction of sp³-hybridized carbons (Fsp3) is 0.278. The average Bonchev–Trinajstić information content (AvgIpc) is 2.54. The lowest BCUT2D eigenvalue weighted by molar-refractivity contribution is -0.118. The van der Waals surface area contributed by atoms with Crippen molar-refractivity contribution in [2.75, 3.05) is 11.9 Å². The summed E-state index contributed by atoms with van der Waals surface area (Å²) in [5.74, 6) is 1.08. The first-order valence-electron chi connectivity index (χ1n) is 7.36. The van der Waals surface area contributed by atoms with Gasteiger partial charge in [0.25, 0.3) is 5.91 Å². The lowest BCUT2D eigenvalue weighted by atomic mass is 9.99. The summed E-state index contributed by atoms with van der Waals surface area (Å²) >= 11 is 2.23. The molecule has 0 unspecified atom stereocenters. The first-order chi connectivity index (χ1) is 10.6. The number of halogens is 1. The number of ether oxygens (including phenoxy) is 1. The summed E-state index contributed by atoms with van der Waals surface area (Å²) in [4.78, 5) is 11.9. The smallest absolute Gasteiger partial charge is 0.262 e. The van der Waals surface area contributed by atoms with Crippen molar-refractivity contribution in [1.82, 2.24) is 0 Å². The number of hydrogen-bond donors (Lipinski definition) is 1. The Labute approximate surface area is 145 Å². The van der Waals surface area contributed by atoms with Crippen LogP contribution < -0.4 is 10.1 Å². The first kappa shape index (κ1) is 16.8. The van der Waals surface area contributed by atoms with E-state index in [4.69, 9.17) is 4.74 Å². The highest BCUT2D eigenvalue weighted by Gasteiger charge is 2.06. The largest absolute Gasteiger partial charge is 0.484 e. The van der Waals surface area contributed by atoms with Crippen molar-refractivity contribution < 1.29 is 9.53 Å². The lowest BCUT2D eigenvalue weighted by Gasteiger charge is -2.11. The zero-order chi connectivity index (χ0) is 15.9. The van der Waals surface area contributed by atoms with E-state index in [1.165, 1.54) is 5.56 Å². The van der Waals surface area contributed by atoms with Gasteiger partial charge in [0.2, 0.25) is 0 Å². The molecule has 0 aliphatic heterocycles. The maximum atomic E-state index is 11.9. The molecule has 1 amide bonds. The molecule has 3 nitrogen and oxygen atoms in total. The van der Waals surface area contributed by atoms with Crippen molar-refractivity contribution in [3.05, 3.63) is 57.7 Å². The Hall–Kier alpha value is -1.56. The Morgan fingerprint density at radius 2 is 1.77 bits per heavy atom. The predicted molar refractivity (Wildman–Crippen MR) is 98.4 cm³/mol. The summed E-state index contributed by atoms with van der Waals surface area (Å²) in [6, 6.07) is 15.6. The van der Waals surface area contributed by atoms with E-state index in [1.807, 2.05) is 36.4 Å². The molecule has 0 aliphatic rings. The molecule has 0 aromatic heterocycles. The number of anilines is 1. The Morgan fingerprint density at radius 1 is 1.14 bits per heavy atom. The molecule has 0 fully saturated rings. The molecule has 2 aromatic rings. The summed E-state index contributed by atoms with van der Waals surface area (Å²) in [6.07, 6.45) is 1.11. The fourth-order valence-electron chi connectivity index (χ4n) is 2.01. The van der Waals surface area contributed by atoms with E-state index >= 15 is 0 Å².